The SMILES string of the molecule is C=CC(=O)N1CC2(C1)CN(c1nc(OC[C@@H]3CCCN3C)nc3c(F)c(-c4c(C)ccc5n[nH]c(C6CC6)c45)c(Cl)cc13)C2. The lowest BCUT2D eigenvalue weighted by atomic mass is 9.72. The van der Waals surface area contributed by atoms with Crippen LogP contribution in [-0.2, 0) is 4.79 Å². The number of amides is 1. The number of hydrogen-bond donors (Lipinski definition) is 1. The Kier molecular flexibility index (Phi) is 6.40. The molecular formula is C33H35ClFN7O2. The molecule has 1 atom stereocenters. The number of nitrogens with one attached hydrogen (secondary N) is 1. The number of fused-ring (bicyclic) bond motifs is 2. The number of carbonyl (C=O) groups is 1. The molecule has 44 heavy (non-hydrogen) atoms. The first-order chi connectivity index (χ1) is 21.2. The highest BCUT2D eigenvalue weighted by Gasteiger charge is 2.53. The van der Waals surface area contributed by atoms with E-state index in [0.717, 1.165) is 60.0 Å². The quantitative estimate of drug-likeness (QED) is 0.276. The summed E-state index contributed by atoms with van der Waals surface area (Å²) < 4.78 is 23.2. The number of aromatic amines is 1. The predicted molar refractivity (Wildman–Crippen MR) is 169 cm³/mol. The maximum atomic E-state index is 17.0. The molecule has 1 spiro atoms. The van der Waals surface area contributed by atoms with Crippen LogP contribution in [0.25, 0.3) is 32.9 Å². The average molecular weight is 616 g/mol. The summed E-state index contributed by atoms with van der Waals surface area (Å²) in [6.07, 6.45) is 5.69. The van der Waals surface area contributed by atoms with Crippen molar-refractivity contribution < 1.29 is 13.9 Å². The standard InChI is InChI=1S/C33H35ClFN7O2/c1-4-24(43)41-14-33(15-41)16-42(17-33)31-21-12-22(34)26(25-18(2)7-10-23-27(25)29(39-38-23)19-8-9-19)28(35)30(21)36-32(37-31)44-13-20-6-5-11-40(20)3/h4,7,10,12,19-20H,1,5-6,8-9,11,13-17H2,2-3H3,(H,38,39)/t20-/m0/s1. The number of hydrogen-bond acceptors (Lipinski definition) is 7. The molecule has 0 radical (unpaired) electrons. The van der Waals surface area contributed by atoms with Crippen molar-refractivity contribution in [3.63, 3.8) is 0 Å². The van der Waals surface area contributed by atoms with Crippen molar-refractivity contribution in [3.05, 3.63) is 53.0 Å². The van der Waals surface area contributed by atoms with Crippen LogP contribution < -0.4 is 9.64 Å². The Labute approximate surface area is 260 Å². The van der Waals surface area contributed by atoms with Crippen LogP contribution in [0.4, 0.5) is 10.2 Å². The summed E-state index contributed by atoms with van der Waals surface area (Å²) in [5, 5.41) is 9.54. The zero-order valence-electron chi connectivity index (χ0n) is 25.0. The van der Waals surface area contributed by atoms with E-state index in [-0.39, 0.29) is 28.9 Å². The summed E-state index contributed by atoms with van der Waals surface area (Å²) in [6.45, 7) is 9.79. The Morgan fingerprint density at radius 2 is 2.00 bits per heavy atom. The minimum Gasteiger partial charge on any atom is -0.462 e. The number of H-pyrrole nitrogens is 1. The van der Waals surface area contributed by atoms with Gasteiger partial charge in [0.25, 0.3) is 0 Å². The molecule has 4 aliphatic rings. The van der Waals surface area contributed by atoms with Gasteiger partial charge in [-0.3, -0.25) is 9.89 Å². The monoisotopic (exact) mass is 615 g/mol. The molecule has 5 heterocycles. The van der Waals surface area contributed by atoms with E-state index >= 15 is 4.39 Å². The van der Waals surface area contributed by atoms with Crippen LogP contribution in [-0.4, -0.2) is 88.3 Å². The molecule has 3 saturated heterocycles. The summed E-state index contributed by atoms with van der Waals surface area (Å²) in [4.78, 5) is 27.8. The third kappa shape index (κ3) is 4.36. The fourth-order valence-electron chi connectivity index (χ4n) is 7.44. The van der Waals surface area contributed by atoms with Crippen LogP contribution in [0, 0.1) is 18.2 Å². The van der Waals surface area contributed by atoms with Gasteiger partial charge in [0.1, 0.15) is 17.9 Å². The molecule has 1 aliphatic carbocycles. The van der Waals surface area contributed by atoms with E-state index in [0.29, 0.717) is 60.5 Å². The van der Waals surface area contributed by atoms with Crippen LogP contribution in [0.1, 0.15) is 42.9 Å². The van der Waals surface area contributed by atoms with E-state index < -0.39 is 5.82 Å². The zero-order valence-corrected chi connectivity index (χ0v) is 25.8. The normalized spacial score (nSPS) is 21.2. The number of halogens is 2. The van der Waals surface area contributed by atoms with Crippen molar-refractivity contribution in [3.8, 4) is 17.1 Å². The number of nitrogens with zero attached hydrogens (tertiary/aromatic N) is 6. The number of rotatable bonds is 7. The smallest absolute Gasteiger partial charge is 0.319 e. The molecular weight excluding hydrogens is 581 g/mol. The topological polar surface area (TPSA) is 90.5 Å². The number of carbonyl (C=O) groups excluding carboxylic acids is 1. The van der Waals surface area contributed by atoms with Gasteiger partial charge in [0, 0.05) is 71.1 Å². The van der Waals surface area contributed by atoms with Crippen LogP contribution in [0.3, 0.4) is 0 Å². The molecule has 4 aromatic rings. The number of likely N-dealkylation sites (N-methyl/N-ethyl adjacent to an activating group) is 1. The minimum absolute atomic E-state index is 0.000938. The number of ether oxygens (including phenoxy) is 1. The predicted octanol–water partition coefficient (Wildman–Crippen LogP) is 5.46. The zero-order chi connectivity index (χ0) is 30.3. The van der Waals surface area contributed by atoms with Crippen LogP contribution >= 0.6 is 11.6 Å². The van der Waals surface area contributed by atoms with Gasteiger partial charge in [-0.05, 0) is 70.0 Å². The molecule has 1 saturated carbocycles. The number of anilines is 1. The molecule has 1 N–H and O–H groups in total. The molecule has 9 nitrogen and oxygen atoms in total. The number of benzene rings is 2. The highest BCUT2D eigenvalue weighted by Crippen LogP contribution is 2.49. The largest absolute Gasteiger partial charge is 0.462 e. The molecule has 1 amide bonds. The fourth-order valence-corrected chi connectivity index (χ4v) is 7.73. The Balaban J connectivity index is 1.22. The molecule has 4 fully saturated rings. The Bertz CT molecular complexity index is 1840. The summed E-state index contributed by atoms with van der Waals surface area (Å²) in [5.41, 5.74) is 4.03. The van der Waals surface area contributed by atoms with E-state index in [1.165, 1.54) is 6.08 Å². The first kappa shape index (κ1) is 27.8. The van der Waals surface area contributed by atoms with Gasteiger partial charge in [-0.2, -0.15) is 15.1 Å². The summed E-state index contributed by atoms with van der Waals surface area (Å²) in [7, 11) is 2.09. The second-order valence-electron chi connectivity index (χ2n) is 13.2. The van der Waals surface area contributed by atoms with Gasteiger partial charge in [-0.15, -0.1) is 0 Å². The molecule has 8 rings (SSSR count). The summed E-state index contributed by atoms with van der Waals surface area (Å²) in [6, 6.07) is 6.16. The molecule has 0 unspecified atom stereocenters. The highest BCUT2D eigenvalue weighted by molar-refractivity contribution is 6.35. The van der Waals surface area contributed by atoms with Crippen molar-refractivity contribution in [2.45, 2.75) is 44.6 Å². The maximum Gasteiger partial charge on any atom is 0.319 e. The second-order valence-corrected chi connectivity index (χ2v) is 13.6. The maximum absolute atomic E-state index is 17.0. The molecule has 3 aliphatic heterocycles. The second kappa shape index (κ2) is 10.1. The highest BCUT2D eigenvalue weighted by atomic mass is 35.5. The van der Waals surface area contributed by atoms with Crippen LogP contribution in [0.15, 0.2) is 30.9 Å². The van der Waals surface area contributed by atoms with Gasteiger partial charge in [0.15, 0.2) is 5.82 Å². The van der Waals surface area contributed by atoms with Crippen molar-refractivity contribution in [1.29, 1.82) is 0 Å². The number of aryl methyl sites for hydroxylation is 1. The van der Waals surface area contributed by atoms with Gasteiger partial charge in [0.2, 0.25) is 5.91 Å². The minimum atomic E-state index is -0.487. The van der Waals surface area contributed by atoms with E-state index in [1.807, 2.05) is 19.1 Å². The van der Waals surface area contributed by atoms with Crippen molar-refractivity contribution in [2.75, 3.05) is 51.3 Å². The lowest BCUT2D eigenvalue weighted by Gasteiger charge is -2.60. The summed E-state index contributed by atoms with van der Waals surface area (Å²) in [5.74, 6) is 0.462. The lowest BCUT2D eigenvalue weighted by Crippen LogP contribution is -2.73. The van der Waals surface area contributed by atoms with Crippen molar-refractivity contribution in [1.82, 2.24) is 30.0 Å². The Hall–Kier alpha value is -3.76. The number of likely N-dealkylation sites (tertiary alicyclic amines) is 2. The molecule has 2 aromatic heterocycles. The first-order valence-corrected chi connectivity index (χ1v) is 15.8. The summed E-state index contributed by atoms with van der Waals surface area (Å²) >= 11 is 7.00. The number of aromatic nitrogens is 4. The molecule has 0 bridgehead atoms. The van der Waals surface area contributed by atoms with Gasteiger partial charge in [-0.1, -0.05) is 24.2 Å². The van der Waals surface area contributed by atoms with E-state index in [9.17, 15) is 4.79 Å². The van der Waals surface area contributed by atoms with E-state index in [4.69, 9.17) is 21.3 Å². The lowest BCUT2D eigenvalue weighted by molar-refractivity contribution is -0.139. The Morgan fingerprint density at radius 1 is 1.20 bits per heavy atom. The van der Waals surface area contributed by atoms with Crippen molar-refractivity contribution in [2.24, 2.45) is 5.41 Å². The molecule has 11 heteroatoms. The van der Waals surface area contributed by atoms with Gasteiger partial charge >= 0.3 is 6.01 Å². The average Bonchev–Trinajstić information content (AvgIpc) is 3.59. The third-order valence-corrected chi connectivity index (χ3v) is 10.3. The fraction of sp³-hybridized carbons (Fsp3) is 0.455. The third-order valence-electron chi connectivity index (χ3n) is 10.0. The van der Waals surface area contributed by atoms with Crippen LogP contribution in [0.2, 0.25) is 5.02 Å². The van der Waals surface area contributed by atoms with E-state index in [2.05, 4.69) is 38.6 Å². The van der Waals surface area contributed by atoms with Gasteiger partial charge in [-0.25, -0.2) is 4.39 Å². The van der Waals surface area contributed by atoms with E-state index in [1.54, 1.807) is 11.0 Å². The van der Waals surface area contributed by atoms with Crippen molar-refractivity contribution >= 4 is 45.1 Å². The van der Waals surface area contributed by atoms with Gasteiger partial charge in [0.05, 0.1) is 10.5 Å². The molecule has 2 aromatic carbocycles. The first-order valence-electron chi connectivity index (χ1n) is 15.4. The molecule has 228 valence electrons. The van der Waals surface area contributed by atoms with Crippen LogP contribution in [0.5, 0.6) is 6.01 Å². The van der Waals surface area contributed by atoms with Gasteiger partial charge < -0.3 is 19.4 Å². The Morgan fingerprint density at radius 3 is 2.70 bits per heavy atom.